The number of nitrogens with zero attached hydrogens (tertiary/aromatic N) is 3. The first-order valence-corrected chi connectivity index (χ1v) is 10.1. The van der Waals surface area contributed by atoms with Gasteiger partial charge < -0.3 is 14.5 Å². The minimum Gasteiger partial charge on any atom is -0.309 e. The zero-order chi connectivity index (χ0) is 18.8. The van der Waals surface area contributed by atoms with Crippen molar-refractivity contribution in [3.05, 3.63) is 72.3 Å². The van der Waals surface area contributed by atoms with Gasteiger partial charge in [0.05, 0.1) is 22.8 Å². The maximum atomic E-state index is 6.50. The average Bonchev–Trinajstić information content (AvgIpc) is 3.20. The number of rotatable bonds is 1. The van der Waals surface area contributed by atoms with E-state index in [1.807, 2.05) is 5.01 Å². The summed E-state index contributed by atoms with van der Waals surface area (Å²) in [7, 11) is 2.21. The molecule has 2 aliphatic heterocycles. The van der Waals surface area contributed by atoms with Crippen LogP contribution in [0, 0.1) is 0 Å². The lowest BCUT2D eigenvalue weighted by Crippen LogP contribution is -2.47. The monoisotopic (exact) mass is 368 g/mol. The Labute approximate surface area is 164 Å². The lowest BCUT2D eigenvalue weighted by molar-refractivity contribution is 0.231. The molecule has 0 amide bonds. The third kappa shape index (κ3) is 2.13. The molecule has 140 valence electrons. The van der Waals surface area contributed by atoms with Crippen molar-refractivity contribution >= 4 is 27.5 Å². The number of hydrazine groups is 1. The van der Waals surface area contributed by atoms with Crippen molar-refractivity contribution in [1.29, 1.82) is 0 Å². The highest BCUT2D eigenvalue weighted by atomic mass is 15.4. The highest BCUT2D eigenvalue weighted by Crippen LogP contribution is 2.44. The summed E-state index contributed by atoms with van der Waals surface area (Å²) in [6.07, 6.45) is 1.12. The van der Waals surface area contributed by atoms with Gasteiger partial charge in [0.2, 0.25) is 0 Å². The number of likely N-dealkylation sites (N-methyl/N-ethyl adjacent to an activating group) is 1. The summed E-state index contributed by atoms with van der Waals surface area (Å²) in [5, 5.41) is 4.62. The van der Waals surface area contributed by atoms with Crippen molar-refractivity contribution < 1.29 is 0 Å². The Balaban J connectivity index is 1.59. The van der Waals surface area contributed by atoms with Crippen molar-refractivity contribution in [3.8, 4) is 5.69 Å². The zero-order valence-electron chi connectivity index (χ0n) is 16.0. The first-order chi connectivity index (χ1) is 13.7. The van der Waals surface area contributed by atoms with Crippen LogP contribution in [-0.4, -0.2) is 35.6 Å². The average molecular weight is 368 g/mol. The van der Waals surface area contributed by atoms with E-state index in [9.17, 15) is 0 Å². The van der Waals surface area contributed by atoms with Crippen LogP contribution < -0.4 is 10.9 Å². The highest BCUT2D eigenvalue weighted by Gasteiger charge is 2.40. The Morgan fingerprint density at radius 1 is 0.893 bits per heavy atom. The van der Waals surface area contributed by atoms with E-state index in [2.05, 4.69) is 83.2 Å². The third-order valence-corrected chi connectivity index (χ3v) is 6.66. The van der Waals surface area contributed by atoms with Crippen LogP contribution in [0.5, 0.6) is 0 Å². The summed E-state index contributed by atoms with van der Waals surface area (Å²) in [6.45, 7) is 2.19. The van der Waals surface area contributed by atoms with E-state index < -0.39 is 0 Å². The van der Waals surface area contributed by atoms with Gasteiger partial charge in [0, 0.05) is 28.9 Å². The predicted molar refractivity (Wildman–Crippen MR) is 116 cm³/mol. The van der Waals surface area contributed by atoms with Gasteiger partial charge in [0.25, 0.3) is 0 Å². The molecule has 0 aliphatic carbocycles. The van der Waals surface area contributed by atoms with Crippen LogP contribution in [0.3, 0.4) is 0 Å². The highest BCUT2D eigenvalue weighted by molar-refractivity contribution is 6.09. The number of para-hydroxylation sites is 2. The Bertz CT molecular complexity index is 1150. The number of hydrogen-bond donors (Lipinski definition) is 1. The maximum absolute atomic E-state index is 6.50. The van der Waals surface area contributed by atoms with Gasteiger partial charge in [0.15, 0.2) is 0 Å². The number of hydrogen-bond acceptors (Lipinski definition) is 3. The fraction of sp³-hybridized carbons (Fsp3) is 0.250. The smallest absolute Gasteiger partial charge is 0.0558 e. The molecule has 0 saturated carbocycles. The molecule has 3 aromatic carbocycles. The van der Waals surface area contributed by atoms with E-state index in [0.717, 1.165) is 19.5 Å². The first-order valence-electron chi connectivity index (χ1n) is 10.1. The van der Waals surface area contributed by atoms with Gasteiger partial charge in [-0.15, -0.1) is 0 Å². The molecule has 1 fully saturated rings. The number of nitrogens with two attached hydrogens (primary N) is 1. The van der Waals surface area contributed by atoms with E-state index in [-0.39, 0.29) is 0 Å². The first kappa shape index (κ1) is 16.2. The van der Waals surface area contributed by atoms with Gasteiger partial charge in [0.1, 0.15) is 0 Å². The van der Waals surface area contributed by atoms with Crippen LogP contribution in [0.4, 0.5) is 5.69 Å². The molecular weight excluding hydrogens is 344 g/mol. The molecule has 1 aromatic heterocycles. The van der Waals surface area contributed by atoms with Gasteiger partial charge in [-0.2, -0.15) is 0 Å². The minimum absolute atomic E-state index is 0.416. The SMILES string of the molecule is CN1CCC2C(C1)c1cc(-n3c4ccccc4c4ccccc43)ccc1N2N. The second kappa shape index (κ2) is 5.84. The Morgan fingerprint density at radius 3 is 2.29 bits per heavy atom. The van der Waals surface area contributed by atoms with Crippen LogP contribution >= 0.6 is 0 Å². The molecule has 0 spiro atoms. The molecule has 0 radical (unpaired) electrons. The van der Waals surface area contributed by atoms with E-state index in [4.69, 9.17) is 5.84 Å². The van der Waals surface area contributed by atoms with Gasteiger partial charge in [-0.1, -0.05) is 36.4 Å². The number of fused-ring (bicyclic) bond motifs is 6. The summed E-state index contributed by atoms with van der Waals surface area (Å²) in [4.78, 5) is 2.43. The number of aromatic nitrogens is 1. The lowest BCUT2D eigenvalue weighted by Gasteiger charge is -2.35. The van der Waals surface area contributed by atoms with Crippen LogP contribution in [0.25, 0.3) is 27.5 Å². The van der Waals surface area contributed by atoms with Gasteiger partial charge >= 0.3 is 0 Å². The number of piperidine rings is 1. The Hall–Kier alpha value is -2.82. The van der Waals surface area contributed by atoms with Gasteiger partial charge in [-0.05, 0) is 55.9 Å². The van der Waals surface area contributed by atoms with E-state index in [1.165, 1.54) is 38.7 Å². The van der Waals surface area contributed by atoms with E-state index in [0.29, 0.717) is 12.0 Å². The fourth-order valence-corrected chi connectivity index (χ4v) is 5.33. The molecule has 4 aromatic rings. The molecule has 4 heteroatoms. The van der Waals surface area contributed by atoms with Crippen molar-refractivity contribution in [3.63, 3.8) is 0 Å². The fourth-order valence-electron chi connectivity index (χ4n) is 5.33. The molecule has 1 saturated heterocycles. The number of anilines is 1. The Morgan fingerprint density at radius 2 is 1.57 bits per heavy atom. The molecule has 2 unspecified atom stereocenters. The maximum Gasteiger partial charge on any atom is 0.0558 e. The summed E-state index contributed by atoms with van der Waals surface area (Å²) < 4.78 is 2.39. The summed E-state index contributed by atoms with van der Waals surface area (Å²) in [5.74, 6) is 6.98. The van der Waals surface area contributed by atoms with Crippen molar-refractivity contribution in [2.45, 2.75) is 18.4 Å². The van der Waals surface area contributed by atoms with Crippen LogP contribution in [0.1, 0.15) is 17.9 Å². The summed E-state index contributed by atoms with van der Waals surface area (Å²) in [6, 6.07) is 24.6. The second-order valence-electron chi connectivity index (χ2n) is 8.24. The van der Waals surface area contributed by atoms with Crippen LogP contribution in [0.15, 0.2) is 66.7 Å². The molecule has 6 rings (SSSR count). The molecule has 2 atom stereocenters. The van der Waals surface area contributed by atoms with Crippen LogP contribution in [0.2, 0.25) is 0 Å². The molecule has 2 N–H and O–H groups in total. The van der Waals surface area contributed by atoms with E-state index >= 15 is 0 Å². The topological polar surface area (TPSA) is 37.4 Å². The molecule has 3 heterocycles. The molecular formula is C24H24N4. The third-order valence-electron chi connectivity index (χ3n) is 6.66. The standard InChI is InChI=1S/C24H24N4/c1-26-13-12-24-20(15-26)19-14-16(10-11-23(19)28(24)25)27-21-8-4-2-6-17(21)18-7-3-5-9-22(18)27/h2-11,14,20,24H,12-13,15,25H2,1H3. The second-order valence-corrected chi connectivity index (χ2v) is 8.24. The number of benzene rings is 3. The molecule has 28 heavy (non-hydrogen) atoms. The minimum atomic E-state index is 0.416. The quantitative estimate of drug-likeness (QED) is 0.510. The van der Waals surface area contributed by atoms with Gasteiger partial charge in [-0.25, -0.2) is 5.84 Å². The molecule has 0 bridgehead atoms. The van der Waals surface area contributed by atoms with E-state index in [1.54, 1.807) is 0 Å². The normalized spacial score (nSPS) is 22.0. The summed E-state index contributed by atoms with van der Waals surface area (Å²) >= 11 is 0. The van der Waals surface area contributed by atoms with Crippen molar-refractivity contribution in [2.24, 2.45) is 5.84 Å². The molecule has 4 nitrogen and oxygen atoms in total. The number of likely N-dealkylation sites (tertiary alicyclic amines) is 1. The predicted octanol–water partition coefficient (Wildman–Crippen LogP) is 4.27. The summed E-state index contributed by atoms with van der Waals surface area (Å²) in [5.41, 5.74) is 6.30. The largest absolute Gasteiger partial charge is 0.309 e. The van der Waals surface area contributed by atoms with Crippen molar-refractivity contribution in [2.75, 3.05) is 25.1 Å². The Kier molecular flexibility index (Phi) is 3.37. The zero-order valence-corrected chi connectivity index (χ0v) is 16.0. The van der Waals surface area contributed by atoms with Crippen LogP contribution in [-0.2, 0) is 0 Å². The van der Waals surface area contributed by atoms with Crippen molar-refractivity contribution in [1.82, 2.24) is 9.47 Å². The lowest BCUT2D eigenvalue weighted by atomic mass is 9.89. The van der Waals surface area contributed by atoms with Gasteiger partial charge in [-0.3, -0.25) is 0 Å². The molecule has 2 aliphatic rings.